The monoisotopic (exact) mass is 355 g/mol. The second kappa shape index (κ2) is 9.38. The van der Waals surface area contributed by atoms with Crippen LogP contribution in [0.1, 0.15) is 31.2 Å². The highest BCUT2D eigenvalue weighted by atomic mass is 16.5. The van der Waals surface area contributed by atoms with Gasteiger partial charge in [0.25, 0.3) is 0 Å². The molecular formula is C20H29N5O. The van der Waals surface area contributed by atoms with Crippen LogP contribution in [0.2, 0.25) is 0 Å². The van der Waals surface area contributed by atoms with Crippen molar-refractivity contribution in [3.63, 3.8) is 0 Å². The molecule has 3 rings (SSSR count). The fourth-order valence-electron chi connectivity index (χ4n) is 3.40. The van der Waals surface area contributed by atoms with Crippen LogP contribution in [0, 0.1) is 0 Å². The summed E-state index contributed by atoms with van der Waals surface area (Å²) in [7, 11) is 3.58. The lowest BCUT2D eigenvalue weighted by atomic mass is 10.1. The summed E-state index contributed by atoms with van der Waals surface area (Å²) in [5.74, 6) is 2.32. The molecule has 0 aliphatic carbocycles. The third kappa shape index (κ3) is 5.08. The van der Waals surface area contributed by atoms with Gasteiger partial charge < -0.3 is 20.3 Å². The summed E-state index contributed by atoms with van der Waals surface area (Å²) in [6.45, 7) is 3.76. The Balaban J connectivity index is 1.59. The Morgan fingerprint density at radius 3 is 2.77 bits per heavy atom. The number of benzene rings is 1. The Hall–Kier alpha value is -2.34. The number of unbranched alkanes of at least 4 members (excludes halogenated alkanes) is 1. The molecule has 0 saturated carbocycles. The molecule has 1 aliphatic heterocycles. The molecule has 26 heavy (non-hydrogen) atoms. The number of ether oxygens (including phenoxy) is 1. The Bertz CT molecular complexity index is 700. The van der Waals surface area contributed by atoms with E-state index >= 15 is 0 Å². The minimum Gasteiger partial charge on any atom is -0.496 e. The number of nitrogens with one attached hydrogen (secondary N) is 2. The molecule has 0 atom stereocenters. The second-order valence-electron chi connectivity index (χ2n) is 6.67. The van der Waals surface area contributed by atoms with Crippen LogP contribution in [-0.4, -0.2) is 48.7 Å². The summed E-state index contributed by atoms with van der Waals surface area (Å²) >= 11 is 0. The number of aromatic nitrogens is 2. The van der Waals surface area contributed by atoms with Gasteiger partial charge in [-0.1, -0.05) is 0 Å². The summed E-state index contributed by atoms with van der Waals surface area (Å²) < 4.78 is 5.54. The molecule has 0 bridgehead atoms. The first kappa shape index (κ1) is 18.5. The number of nitrogens with zero attached hydrogens (tertiary/aromatic N) is 3. The van der Waals surface area contributed by atoms with E-state index in [1.165, 1.54) is 50.9 Å². The topological polar surface area (TPSA) is 62.3 Å². The number of hydrogen-bond donors (Lipinski definition) is 2. The van der Waals surface area contributed by atoms with Crippen molar-refractivity contribution < 1.29 is 4.74 Å². The van der Waals surface area contributed by atoms with Crippen LogP contribution < -0.4 is 15.4 Å². The average Bonchev–Trinajstić information content (AvgIpc) is 3.19. The fraction of sp³-hybridized carbons (Fsp3) is 0.500. The zero-order valence-corrected chi connectivity index (χ0v) is 15.8. The maximum absolute atomic E-state index is 5.54. The summed E-state index contributed by atoms with van der Waals surface area (Å²) in [5, 5.41) is 6.30. The average molecular weight is 355 g/mol. The van der Waals surface area contributed by atoms with Crippen LogP contribution in [0.25, 0.3) is 0 Å². The Labute approximate surface area is 156 Å². The van der Waals surface area contributed by atoms with Gasteiger partial charge in [-0.25, -0.2) is 4.98 Å². The van der Waals surface area contributed by atoms with E-state index in [2.05, 4.69) is 31.6 Å². The molecule has 0 spiro atoms. The maximum atomic E-state index is 5.54. The predicted octanol–water partition coefficient (Wildman–Crippen LogP) is 3.69. The number of likely N-dealkylation sites (tertiary alicyclic amines) is 1. The maximum Gasteiger partial charge on any atom is 0.229 e. The molecule has 0 unspecified atom stereocenters. The van der Waals surface area contributed by atoms with Crippen molar-refractivity contribution in [1.29, 1.82) is 0 Å². The molecule has 0 radical (unpaired) electrons. The van der Waals surface area contributed by atoms with Gasteiger partial charge >= 0.3 is 0 Å². The summed E-state index contributed by atoms with van der Waals surface area (Å²) in [5.41, 5.74) is 2.21. The normalized spacial score (nSPS) is 14.4. The molecular weight excluding hydrogens is 326 g/mol. The van der Waals surface area contributed by atoms with Gasteiger partial charge in [-0.2, -0.15) is 4.98 Å². The zero-order valence-electron chi connectivity index (χ0n) is 15.8. The SMILES string of the molecule is CNc1ccnc(Nc2ccc(OC)c(CCCCN3CCCC3)c2)n1. The first-order valence-electron chi connectivity index (χ1n) is 9.45. The number of rotatable bonds is 9. The van der Waals surface area contributed by atoms with Gasteiger partial charge in [0.05, 0.1) is 7.11 Å². The highest BCUT2D eigenvalue weighted by Crippen LogP contribution is 2.26. The van der Waals surface area contributed by atoms with Crippen molar-refractivity contribution in [3.05, 3.63) is 36.0 Å². The van der Waals surface area contributed by atoms with E-state index in [4.69, 9.17) is 4.74 Å². The molecule has 1 aliphatic rings. The second-order valence-corrected chi connectivity index (χ2v) is 6.67. The van der Waals surface area contributed by atoms with Crippen molar-refractivity contribution in [2.75, 3.05) is 44.4 Å². The van der Waals surface area contributed by atoms with Crippen molar-refractivity contribution in [2.45, 2.75) is 32.1 Å². The first-order chi connectivity index (χ1) is 12.8. The van der Waals surface area contributed by atoms with E-state index < -0.39 is 0 Å². The van der Waals surface area contributed by atoms with E-state index in [0.717, 1.165) is 23.7 Å². The predicted molar refractivity (Wildman–Crippen MR) is 106 cm³/mol. The number of methoxy groups -OCH3 is 1. The molecule has 2 N–H and O–H groups in total. The van der Waals surface area contributed by atoms with Crippen LogP contribution in [0.3, 0.4) is 0 Å². The summed E-state index contributed by atoms with van der Waals surface area (Å²) in [6, 6.07) is 8.00. The number of anilines is 3. The molecule has 140 valence electrons. The Kier molecular flexibility index (Phi) is 6.66. The third-order valence-corrected chi connectivity index (χ3v) is 4.82. The molecule has 0 amide bonds. The van der Waals surface area contributed by atoms with Crippen molar-refractivity contribution in [1.82, 2.24) is 14.9 Å². The van der Waals surface area contributed by atoms with Crippen molar-refractivity contribution in [3.8, 4) is 5.75 Å². The Morgan fingerprint density at radius 2 is 2.00 bits per heavy atom. The van der Waals surface area contributed by atoms with Gasteiger partial charge in [0, 0.05) is 18.9 Å². The van der Waals surface area contributed by atoms with E-state index in [9.17, 15) is 0 Å². The quantitative estimate of drug-likeness (QED) is 0.669. The molecule has 2 aromatic rings. The summed E-state index contributed by atoms with van der Waals surface area (Å²) in [4.78, 5) is 11.3. The van der Waals surface area contributed by atoms with E-state index in [1.54, 1.807) is 13.3 Å². The molecule has 6 heteroatoms. The van der Waals surface area contributed by atoms with Crippen LogP contribution >= 0.6 is 0 Å². The minimum atomic E-state index is 0.585. The van der Waals surface area contributed by atoms with Gasteiger partial charge in [0.1, 0.15) is 11.6 Å². The van der Waals surface area contributed by atoms with Gasteiger partial charge in [0.15, 0.2) is 0 Å². The van der Waals surface area contributed by atoms with Gasteiger partial charge in [-0.15, -0.1) is 0 Å². The zero-order chi connectivity index (χ0) is 18.2. The van der Waals surface area contributed by atoms with Gasteiger partial charge in [-0.3, -0.25) is 0 Å². The van der Waals surface area contributed by atoms with E-state index in [-0.39, 0.29) is 0 Å². The van der Waals surface area contributed by atoms with E-state index in [1.807, 2.05) is 25.2 Å². The highest BCUT2D eigenvalue weighted by molar-refractivity contribution is 5.58. The molecule has 1 aromatic heterocycles. The molecule has 6 nitrogen and oxygen atoms in total. The summed E-state index contributed by atoms with van der Waals surface area (Å²) in [6.07, 6.45) is 7.88. The molecule has 1 fully saturated rings. The van der Waals surface area contributed by atoms with E-state index in [0.29, 0.717) is 5.95 Å². The van der Waals surface area contributed by atoms with Crippen LogP contribution in [-0.2, 0) is 6.42 Å². The third-order valence-electron chi connectivity index (χ3n) is 4.82. The van der Waals surface area contributed by atoms with Crippen LogP contribution in [0.4, 0.5) is 17.5 Å². The van der Waals surface area contributed by atoms with Crippen LogP contribution in [0.5, 0.6) is 5.75 Å². The standard InChI is InChI=1S/C20H29N5O/c1-21-19-10-11-22-20(24-19)23-17-8-9-18(26-2)16(15-17)7-3-4-12-25-13-5-6-14-25/h8-11,15H,3-7,12-14H2,1-2H3,(H2,21,22,23,24). The first-order valence-corrected chi connectivity index (χ1v) is 9.45. The highest BCUT2D eigenvalue weighted by Gasteiger charge is 2.11. The lowest BCUT2D eigenvalue weighted by molar-refractivity contribution is 0.329. The smallest absolute Gasteiger partial charge is 0.229 e. The van der Waals surface area contributed by atoms with Gasteiger partial charge in [-0.05, 0) is 81.6 Å². The fourth-order valence-corrected chi connectivity index (χ4v) is 3.40. The molecule has 1 aromatic carbocycles. The van der Waals surface area contributed by atoms with Crippen molar-refractivity contribution in [2.24, 2.45) is 0 Å². The number of hydrogen-bond acceptors (Lipinski definition) is 6. The Morgan fingerprint density at radius 1 is 1.15 bits per heavy atom. The largest absolute Gasteiger partial charge is 0.496 e. The number of aryl methyl sites for hydroxylation is 1. The lowest BCUT2D eigenvalue weighted by Crippen LogP contribution is -2.20. The van der Waals surface area contributed by atoms with Crippen LogP contribution in [0.15, 0.2) is 30.5 Å². The molecule has 1 saturated heterocycles. The lowest BCUT2D eigenvalue weighted by Gasteiger charge is -2.15. The minimum absolute atomic E-state index is 0.585. The molecule has 2 heterocycles. The van der Waals surface area contributed by atoms with Gasteiger partial charge in [0.2, 0.25) is 5.95 Å². The van der Waals surface area contributed by atoms with Crippen molar-refractivity contribution >= 4 is 17.5 Å².